The van der Waals surface area contributed by atoms with Gasteiger partial charge in [0.2, 0.25) is 0 Å². The van der Waals surface area contributed by atoms with Gasteiger partial charge in [0.1, 0.15) is 0 Å². The predicted molar refractivity (Wildman–Crippen MR) is 100 cm³/mol. The van der Waals surface area contributed by atoms with E-state index < -0.39 is 11.8 Å². The van der Waals surface area contributed by atoms with E-state index in [0.717, 1.165) is 17.3 Å². The van der Waals surface area contributed by atoms with Crippen molar-refractivity contribution in [3.05, 3.63) is 27.7 Å². The van der Waals surface area contributed by atoms with Gasteiger partial charge in [-0.25, -0.2) is 0 Å². The molecule has 0 atom stereocenters. The molecule has 5 nitrogen and oxygen atoms in total. The maximum atomic E-state index is 12.2. The quantitative estimate of drug-likeness (QED) is 0.647. The van der Waals surface area contributed by atoms with Crippen molar-refractivity contribution in [1.29, 1.82) is 0 Å². The van der Waals surface area contributed by atoms with Crippen LogP contribution in [0.25, 0.3) is 0 Å². The van der Waals surface area contributed by atoms with Gasteiger partial charge in [0.05, 0.1) is 10.7 Å². The molecule has 1 aliphatic rings. The van der Waals surface area contributed by atoms with Crippen molar-refractivity contribution in [2.45, 2.75) is 57.7 Å². The third-order valence-electron chi connectivity index (χ3n) is 3.91. The van der Waals surface area contributed by atoms with Gasteiger partial charge in [-0.3, -0.25) is 9.59 Å². The first-order chi connectivity index (χ1) is 11.0. The summed E-state index contributed by atoms with van der Waals surface area (Å²) in [6.07, 6.45) is 1.52. The summed E-state index contributed by atoms with van der Waals surface area (Å²) in [6.45, 7) is 8.37. The van der Waals surface area contributed by atoms with E-state index in [4.69, 9.17) is 11.6 Å². The molecular weight excluding hydrogens is 394 g/mol. The highest BCUT2D eigenvalue weighted by molar-refractivity contribution is 9.10. The van der Waals surface area contributed by atoms with Gasteiger partial charge >= 0.3 is 11.8 Å². The molecule has 1 aromatic rings. The number of nitrogens with one attached hydrogen (secondary N) is 3. The predicted octanol–water partition coefficient (Wildman–Crippen LogP) is 3.47. The van der Waals surface area contributed by atoms with Crippen LogP contribution >= 0.6 is 27.5 Å². The first kappa shape index (κ1) is 19.2. The van der Waals surface area contributed by atoms with E-state index in [0.29, 0.717) is 10.7 Å². The summed E-state index contributed by atoms with van der Waals surface area (Å²) in [4.78, 5) is 24.4. The lowest BCUT2D eigenvalue weighted by Crippen LogP contribution is -2.62. The van der Waals surface area contributed by atoms with E-state index in [9.17, 15) is 9.59 Å². The smallest absolute Gasteiger partial charge is 0.313 e. The molecule has 0 spiro atoms. The number of benzene rings is 1. The second kappa shape index (κ2) is 7.02. The number of rotatable bonds is 2. The fourth-order valence-electron chi connectivity index (χ4n) is 3.45. The molecule has 1 aromatic carbocycles. The molecular formula is C17H23BrClN3O2. The Bertz CT molecular complexity index is 645. The van der Waals surface area contributed by atoms with Crippen LogP contribution in [-0.2, 0) is 9.59 Å². The van der Waals surface area contributed by atoms with Gasteiger partial charge in [0.15, 0.2) is 0 Å². The second-order valence-corrected chi connectivity index (χ2v) is 8.87. The van der Waals surface area contributed by atoms with Crippen LogP contribution < -0.4 is 16.0 Å². The topological polar surface area (TPSA) is 70.2 Å². The van der Waals surface area contributed by atoms with E-state index in [1.165, 1.54) is 0 Å². The number of anilines is 1. The number of piperidine rings is 1. The molecule has 2 rings (SSSR count). The third kappa shape index (κ3) is 5.19. The Morgan fingerprint density at radius 3 is 2.29 bits per heavy atom. The Labute approximate surface area is 156 Å². The summed E-state index contributed by atoms with van der Waals surface area (Å²) >= 11 is 9.36. The minimum Gasteiger partial charge on any atom is -0.345 e. The van der Waals surface area contributed by atoms with Gasteiger partial charge in [-0.2, -0.15) is 0 Å². The van der Waals surface area contributed by atoms with Crippen LogP contribution in [0.3, 0.4) is 0 Å². The highest BCUT2D eigenvalue weighted by Gasteiger charge is 2.38. The molecule has 3 N–H and O–H groups in total. The van der Waals surface area contributed by atoms with Crippen LogP contribution in [-0.4, -0.2) is 28.9 Å². The minimum absolute atomic E-state index is 0.0603. The van der Waals surface area contributed by atoms with Gasteiger partial charge in [-0.05, 0) is 58.7 Å². The Morgan fingerprint density at radius 1 is 1.17 bits per heavy atom. The first-order valence-corrected chi connectivity index (χ1v) is 9.01. The fraction of sp³-hybridized carbons (Fsp3) is 0.529. The van der Waals surface area contributed by atoms with Crippen LogP contribution in [0.2, 0.25) is 5.02 Å². The molecule has 132 valence electrons. The minimum atomic E-state index is -0.714. The molecule has 0 unspecified atom stereocenters. The van der Waals surface area contributed by atoms with Crippen LogP contribution in [0, 0.1) is 0 Å². The zero-order valence-corrected chi connectivity index (χ0v) is 16.6. The second-order valence-electron chi connectivity index (χ2n) is 7.55. The van der Waals surface area contributed by atoms with Crippen LogP contribution in [0.4, 0.5) is 5.69 Å². The van der Waals surface area contributed by atoms with E-state index in [1.807, 2.05) is 0 Å². The molecule has 24 heavy (non-hydrogen) atoms. The molecule has 1 heterocycles. The number of carbonyl (C=O) groups is 2. The normalized spacial score (nSPS) is 19.6. The summed E-state index contributed by atoms with van der Waals surface area (Å²) in [5.74, 6) is -1.36. The van der Waals surface area contributed by atoms with Crippen molar-refractivity contribution in [3.8, 4) is 0 Å². The van der Waals surface area contributed by atoms with Gasteiger partial charge in [0, 0.05) is 21.6 Å². The van der Waals surface area contributed by atoms with Crippen molar-refractivity contribution in [2.24, 2.45) is 0 Å². The number of hydrogen-bond donors (Lipinski definition) is 3. The summed E-state index contributed by atoms with van der Waals surface area (Å²) in [5.41, 5.74) is 0.196. The summed E-state index contributed by atoms with van der Waals surface area (Å²) in [5, 5.41) is 9.30. The standard InChI is InChI=1S/C17H23BrClN3O2/c1-16(2)8-11(9-17(3,4)22-16)20-14(23)15(24)21-13-6-5-10(18)7-12(13)19/h5-7,11,22H,8-9H2,1-4H3,(H,20,23)(H,21,24). The molecule has 7 heteroatoms. The monoisotopic (exact) mass is 415 g/mol. The number of amides is 2. The molecule has 1 aliphatic heterocycles. The van der Waals surface area contributed by atoms with Crippen LogP contribution in [0.1, 0.15) is 40.5 Å². The van der Waals surface area contributed by atoms with Crippen molar-refractivity contribution < 1.29 is 9.59 Å². The summed E-state index contributed by atoms with van der Waals surface area (Å²) in [6, 6.07) is 4.99. The van der Waals surface area contributed by atoms with E-state index >= 15 is 0 Å². The molecule has 0 radical (unpaired) electrons. The van der Waals surface area contributed by atoms with Gasteiger partial charge in [-0.15, -0.1) is 0 Å². The molecule has 0 bridgehead atoms. The van der Waals surface area contributed by atoms with Crippen LogP contribution in [0.15, 0.2) is 22.7 Å². The maximum Gasteiger partial charge on any atom is 0.313 e. The lowest BCUT2D eigenvalue weighted by atomic mass is 9.79. The maximum absolute atomic E-state index is 12.2. The lowest BCUT2D eigenvalue weighted by Gasteiger charge is -2.46. The average molecular weight is 417 g/mol. The number of carbonyl (C=O) groups excluding carboxylic acids is 2. The van der Waals surface area contributed by atoms with E-state index in [1.54, 1.807) is 18.2 Å². The SMILES string of the molecule is CC1(C)CC(NC(=O)C(=O)Nc2ccc(Br)cc2Cl)CC(C)(C)N1. The van der Waals surface area contributed by atoms with Crippen molar-refractivity contribution in [2.75, 3.05) is 5.32 Å². The Hall–Kier alpha value is -1.11. The average Bonchev–Trinajstić information content (AvgIpc) is 2.38. The fourth-order valence-corrected chi connectivity index (χ4v) is 4.17. The van der Waals surface area contributed by atoms with E-state index in [2.05, 4.69) is 59.6 Å². The molecule has 0 aromatic heterocycles. The Balaban J connectivity index is 2.00. The number of hydrogen-bond acceptors (Lipinski definition) is 3. The van der Waals surface area contributed by atoms with E-state index in [-0.39, 0.29) is 17.1 Å². The van der Waals surface area contributed by atoms with Crippen molar-refractivity contribution in [3.63, 3.8) is 0 Å². The number of halogens is 2. The molecule has 0 saturated carbocycles. The van der Waals surface area contributed by atoms with Gasteiger partial charge < -0.3 is 16.0 Å². The zero-order chi connectivity index (χ0) is 18.1. The van der Waals surface area contributed by atoms with Crippen molar-refractivity contribution in [1.82, 2.24) is 10.6 Å². The van der Waals surface area contributed by atoms with Gasteiger partial charge in [0.25, 0.3) is 0 Å². The summed E-state index contributed by atoms with van der Waals surface area (Å²) < 4.78 is 0.800. The Morgan fingerprint density at radius 2 is 1.75 bits per heavy atom. The molecule has 2 amide bonds. The molecule has 1 fully saturated rings. The summed E-state index contributed by atoms with van der Waals surface area (Å²) in [7, 11) is 0. The molecule has 1 saturated heterocycles. The largest absolute Gasteiger partial charge is 0.345 e. The van der Waals surface area contributed by atoms with Crippen molar-refractivity contribution >= 4 is 45.0 Å². The Kier molecular flexibility index (Phi) is 5.62. The first-order valence-electron chi connectivity index (χ1n) is 7.84. The molecule has 0 aliphatic carbocycles. The van der Waals surface area contributed by atoms with Gasteiger partial charge in [-0.1, -0.05) is 27.5 Å². The highest BCUT2D eigenvalue weighted by Crippen LogP contribution is 2.29. The zero-order valence-electron chi connectivity index (χ0n) is 14.3. The van der Waals surface area contributed by atoms with Crippen LogP contribution in [0.5, 0.6) is 0 Å². The third-order valence-corrected chi connectivity index (χ3v) is 4.72. The highest BCUT2D eigenvalue weighted by atomic mass is 79.9. The lowest BCUT2D eigenvalue weighted by molar-refractivity contribution is -0.137.